The molecule has 102 valence electrons. The Bertz CT molecular complexity index is 498. The largest absolute Gasteiger partial charge is 0.309 e. The predicted molar refractivity (Wildman–Crippen MR) is 85.7 cm³/mol. The van der Waals surface area contributed by atoms with Crippen LogP contribution in [0.15, 0.2) is 40.3 Å². The highest BCUT2D eigenvalue weighted by atomic mass is 79.9. The van der Waals surface area contributed by atoms with Crippen LogP contribution < -0.4 is 5.32 Å². The standard InChI is InChI=1S/C15H19BrN2S/c1-3-8-18-14(15-12(16)7-10-19-15)11(2)13-6-4-5-9-17-13/h4-7,9-11,14,18H,3,8H2,1-2H3. The fraction of sp³-hybridized carbons (Fsp3) is 0.400. The highest BCUT2D eigenvalue weighted by Crippen LogP contribution is 2.37. The molecule has 2 unspecified atom stereocenters. The van der Waals surface area contributed by atoms with Crippen LogP contribution in [0.25, 0.3) is 0 Å². The molecule has 0 aliphatic heterocycles. The van der Waals surface area contributed by atoms with Gasteiger partial charge in [0.05, 0.1) is 6.04 Å². The zero-order valence-corrected chi connectivity index (χ0v) is 13.7. The SMILES string of the molecule is CCCNC(c1sccc1Br)C(C)c1ccccn1. The minimum absolute atomic E-state index is 0.309. The molecule has 4 heteroatoms. The van der Waals surface area contributed by atoms with Gasteiger partial charge in [-0.15, -0.1) is 11.3 Å². The van der Waals surface area contributed by atoms with Crippen LogP contribution >= 0.6 is 27.3 Å². The molecule has 0 saturated heterocycles. The maximum atomic E-state index is 4.50. The number of aromatic nitrogens is 1. The highest BCUT2D eigenvalue weighted by molar-refractivity contribution is 9.10. The summed E-state index contributed by atoms with van der Waals surface area (Å²) in [5, 5.41) is 5.78. The number of thiophene rings is 1. The van der Waals surface area contributed by atoms with Gasteiger partial charge in [-0.05, 0) is 52.5 Å². The predicted octanol–water partition coefficient (Wildman–Crippen LogP) is 4.75. The van der Waals surface area contributed by atoms with E-state index in [0.717, 1.165) is 18.7 Å². The molecule has 2 aromatic heterocycles. The second-order valence-corrected chi connectivity index (χ2v) is 6.41. The van der Waals surface area contributed by atoms with E-state index in [4.69, 9.17) is 0 Å². The summed E-state index contributed by atoms with van der Waals surface area (Å²) in [6.07, 6.45) is 3.00. The maximum absolute atomic E-state index is 4.50. The number of hydrogen-bond acceptors (Lipinski definition) is 3. The molecule has 0 aromatic carbocycles. The van der Waals surface area contributed by atoms with Crippen molar-refractivity contribution in [2.75, 3.05) is 6.54 Å². The molecule has 0 spiro atoms. The van der Waals surface area contributed by atoms with Gasteiger partial charge >= 0.3 is 0 Å². The van der Waals surface area contributed by atoms with Crippen LogP contribution in [-0.4, -0.2) is 11.5 Å². The molecule has 0 bridgehead atoms. The fourth-order valence-electron chi connectivity index (χ4n) is 2.14. The van der Waals surface area contributed by atoms with Gasteiger partial charge in [0.25, 0.3) is 0 Å². The summed E-state index contributed by atoms with van der Waals surface area (Å²) in [7, 11) is 0. The van der Waals surface area contributed by atoms with Crippen LogP contribution in [-0.2, 0) is 0 Å². The smallest absolute Gasteiger partial charge is 0.0508 e. The summed E-state index contributed by atoms with van der Waals surface area (Å²) in [5.74, 6) is 0.350. The summed E-state index contributed by atoms with van der Waals surface area (Å²) in [6, 6.07) is 8.55. The van der Waals surface area contributed by atoms with Gasteiger partial charge in [-0.1, -0.05) is 19.9 Å². The minimum Gasteiger partial charge on any atom is -0.309 e. The molecule has 0 aliphatic rings. The van der Waals surface area contributed by atoms with E-state index in [1.807, 2.05) is 12.3 Å². The van der Waals surface area contributed by atoms with Gasteiger partial charge in [-0.3, -0.25) is 4.98 Å². The third-order valence-electron chi connectivity index (χ3n) is 3.20. The number of hydrogen-bond donors (Lipinski definition) is 1. The van der Waals surface area contributed by atoms with Crippen LogP contribution in [0.3, 0.4) is 0 Å². The number of nitrogens with zero attached hydrogens (tertiary/aromatic N) is 1. The first-order valence-electron chi connectivity index (χ1n) is 6.61. The first kappa shape index (κ1) is 14.7. The zero-order chi connectivity index (χ0) is 13.7. The Morgan fingerprint density at radius 3 is 2.79 bits per heavy atom. The maximum Gasteiger partial charge on any atom is 0.0508 e. The monoisotopic (exact) mass is 338 g/mol. The summed E-state index contributed by atoms with van der Waals surface area (Å²) in [6.45, 7) is 5.45. The minimum atomic E-state index is 0.309. The van der Waals surface area contributed by atoms with Crippen molar-refractivity contribution >= 4 is 27.3 Å². The van der Waals surface area contributed by atoms with E-state index in [0.29, 0.717) is 12.0 Å². The molecular formula is C15H19BrN2S. The quantitative estimate of drug-likeness (QED) is 0.821. The van der Waals surface area contributed by atoms with Crippen molar-refractivity contribution in [1.82, 2.24) is 10.3 Å². The Kier molecular flexibility index (Phi) is 5.55. The number of pyridine rings is 1. The molecule has 0 amide bonds. The summed E-state index contributed by atoms with van der Waals surface area (Å²) in [5.41, 5.74) is 1.14. The molecular weight excluding hydrogens is 320 g/mol. The first-order valence-corrected chi connectivity index (χ1v) is 8.28. The topological polar surface area (TPSA) is 24.9 Å². The lowest BCUT2D eigenvalue weighted by molar-refractivity contribution is 0.465. The molecule has 0 aliphatic carbocycles. The normalized spacial score (nSPS) is 14.3. The van der Waals surface area contributed by atoms with Crippen molar-refractivity contribution in [3.8, 4) is 0 Å². The Balaban J connectivity index is 2.25. The molecule has 19 heavy (non-hydrogen) atoms. The van der Waals surface area contributed by atoms with E-state index in [1.54, 1.807) is 11.3 Å². The van der Waals surface area contributed by atoms with Crippen molar-refractivity contribution in [2.45, 2.75) is 32.2 Å². The van der Waals surface area contributed by atoms with Crippen molar-refractivity contribution in [2.24, 2.45) is 0 Å². The molecule has 2 aromatic rings. The number of rotatable bonds is 6. The molecule has 2 rings (SSSR count). The number of halogens is 1. The van der Waals surface area contributed by atoms with Crippen LogP contribution in [0.2, 0.25) is 0 Å². The van der Waals surface area contributed by atoms with E-state index in [9.17, 15) is 0 Å². The van der Waals surface area contributed by atoms with Crippen molar-refractivity contribution in [3.63, 3.8) is 0 Å². The second-order valence-electron chi connectivity index (χ2n) is 4.61. The van der Waals surface area contributed by atoms with E-state index >= 15 is 0 Å². The van der Waals surface area contributed by atoms with E-state index in [1.165, 1.54) is 9.35 Å². The van der Waals surface area contributed by atoms with E-state index < -0.39 is 0 Å². The number of nitrogens with one attached hydrogen (secondary N) is 1. The first-order chi connectivity index (χ1) is 9.24. The van der Waals surface area contributed by atoms with Crippen LogP contribution in [0.5, 0.6) is 0 Å². The van der Waals surface area contributed by atoms with E-state index in [-0.39, 0.29) is 0 Å². The van der Waals surface area contributed by atoms with Gasteiger partial charge in [0.15, 0.2) is 0 Å². The van der Waals surface area contributed by atoms with Gasteiger partial charge in [-0.25, -0.2) is 0 Å². The fourth-order valence-corrected chi connectivity index (χ4v) is 3.94. The third-order valence-corrected chi connectivity index (χ3v) is 5.15. The van der Waals surface area contributed by atoms with Crippen LogP contribution in [0.4, 0.5) is 0 Å². The molecule has 2 heterocycles. The second kappa shape index (κ2) is 7.17. The van der Waals surface area contributed by atoms with E-state index in [2.05, 4.69) is 63.7 Å². The lowest BCUT2D eigenvalue weighted by atomic mass is 9.96. The van der Waals surface area contributed by atoms with Crippen molar-refractivity contribution in [3.05, 3.63) is 50.9 Å². The van der Waals surface area contributed by atoms with Crippen molar-refractivity contribution < 1.29 is 0 Å². The Morgan fingerprint density at radius 2 is 2.21 bits per heavy atom. The third kappa shape index (κ3) is 3.65. The van der Waals surface area contributed by atoms with Gasteiger partial charge in [0.2, 0.25) is 0 Å². The summed E-state index contributed by atoms with van der Waals surface area (Å²) >= 11 is 5.44. The Morgan fingerprint density at radius 1 is 1.37 bits per heavy atom. The average molecular weight is 339 g/mol. The Hall–Kier alpha value is -0.710. The van der Waals surface area contributed by atoms with Crippen molar-refractivity contribution in [1.29, 1.82) is 0 Å². The highest BCUT2D eigenvalue weighted by Gasteiger charge is 2.24. The Labute approximate surface area is 127 Å². The molecule has 0 saturated carbocycles. The van der Waals surface area contributed by atoms with Crippen LogP contribution in [0.1, 0.15) is 42.8 Å². The molecule has 2 atom stereocenters. The summed E-state index contributed by atoms with van der Waals surface area (Å²) < 4.78 is 1.19. The zero-order valence-electron chi connectivity index (χ0n) is 11.3. The lowest BCUT2D eigenvalue weighted by Crippen LogP contribution is -2.26. The van der Waals surface area contributed by atoms with Crippen LogP contribution in [0, 0.1) is 0 Å². The molecule has 1 N–H and O–H groups in total. The van der Waals surface area contributed by atoms with Gasteiger partial charge in [-0.2, -0.15) is 0 Å². The van der Waals surface area contributed by atoms with Gasteiger partial charge in [0, 0.05) is 27.2 Å². The molecule has 2 nitrogen and oxygen atoms in total. The van der Waals surface area contributed by atoms with Gasteiger partial charge in [0.1, 0.15) is 0 Å². The summed E-state index contributed by atoms with van der Waals surface area (Å²) in [4.78, 5) is 5.85. The lowest BCUT2D eigenvalue weighted by Gasteiger charge is -2.24. The van der Waals surface area contributed by atoms with Gasteiger partial charge < -0.3 is 5.32 Å². The molecule has 0 radical (unpaired) electrons. The molecule has 0 fully saturated rings. The average Bonchev–Trinajstić information content (AvgIpc) is 2.86.